The van der Waals surface area contributed by atoms with E-state index in [4.69, 9.17) is 22.9 Å². The number of hydrogen-bond donors (Lipinski definition) is 19. The van der Waals surface area contributed by atoms with Crippen molar-refractivity contribution in [1.29, 1.82) is 0 Å². The number of amides is 16. The number of nitrogens with two attached hydrogens (primary N) is 4. The average Bonchev–Trinajstić information content (AvgIpc) is 1.69. The number of aromatic hydroxyl groups is 1. The second kappa shape index (κ2) is 49.2. The first-order valence-corrected chi connectivity index (χ1v) is 44.7. The summed E-state index contributed by atoms with van der Waals surface area (Å²) in [6, 6.07) is -2.74. The lowest BCUT2D eigenvalue weighted by molar-refractivity contribution is -0.149. The number of aromatic nitrogens is 2. The molecule has 0 saturated carbocycles. The van der Waals surface area contributed by atoms with Crippen LogP contribution in [0.25, 0.3) is 21.8 Å². The molecule has 0 bridgehead atoms. The smallest absolute Gasteiger partial charge is 0.323 e. The van der Waals surface area contributed by atoms with Gasteiger partial charge in [-0.1, -0.05) is 88.1 Å². The monoisotopic (exact) mass is 1860 g/mol. The molecule has 3 fully saturated rings. The maximum Gasteiger partial charge on any atom is 0.323 e. The minimum Gasteiger partial charge on any atom is -0.508 e. The Hall–Kier alpha value is -13.1. The normalized spacial score (nSPS) is 25.1. The molecule has 44 nitrogen and oxygen atoms in total. The number of nitrogens with zero attached hydrogens (tertiary/aromatic N) is 6. The minimum atomic E-state index is -1.96. The van der Waals surface area contributed by atoms with Gasteiger partial charge < -0.3 is 130 Å². The fourth-order valence-corrected chi connectivity index (χ4v) is 17.1. The zero-order valence-corrected chi connectivity index (χ0v) is 75.1. The number of nitrogens with one attached hydrogen (secondary N) is 10. The van der Waals surface area contributed by atoms with Crippen molar-refractivity contribution in [3.63, 3.8) is 0 Å². The molecule has 0 spiro atoms. The Labute approximate surface area is 764 Å². The molecule has 5 aromatic rings. The van der Waals surface area contributed by atoms with Gasteiger partial charge in [-0.2, -0.15) is 0 Å². The molecule has 3 aliphatic heterocycles. The van der Waals surface area contributed by atoms with Gasteiger partial charge in [0.05, 0.1) is 37.5 Å². The van der Waals surface area contributed by atoms with Gasteiger partial charge in [0.2, 0.25) is 94.5 Å². The van der Waals surface area contributed by atoms with Crippen LogP contribution in [0.3, 0.4) is 0 Å². The number of carboxylic acid groups (broad SMARTS) is 2. The maximum atomic E-state index is 15.8. The Kier molecular flexibility index (Phi) is 38.9. The number of carboxylic acids is 2. The SMILES string of the molecule is CCCC[C@H]1C(=O)N(C)[C@@H](CCCC)C(=O)N[C@@H](CN)C(=O)N[C@H](C(=O)NCC(N)=O)CSCC(=O)N[C@@H](Cc2ccc(O)cc2)C(=O)N(C)[C@@H](C)C(=O)N[C@@H](CC(=O)O)C(=O)N2CCC[C@H]2C(=O)N[C@@H](CN)C(=O)N[C@@H](CCC(N)=O)C(=O)N2C[C@H](O)C[C@H]2C(=O)C[C@@H](Cc2c[nH]c3ccccc23)C(=O)N[C@@H](CO)C(=O)N[C@@H](Cc2cn(CC(=O)O)c3ccccc23)C(=O)N1C. The highest BCUT2D eigenvalue weighted by molar-refractivity contribution is 8.00. The number of carbonyl (C=O) groups is 19. The fourth-order valence-electron chi connectivity index (χ4n) is 16.2. The van der Waals surface area contributed by atoms with Crippen molar-refractivity contribution in [1.82, 2.24) is 81.9 Å². The van der Waals surface area contributed by atoms with Crippen LogP contribution >= 0.6 is 11.8 Å². The predicted molar refractivity (Wildman–Crippen MR) is 476 cm³/mol. The summed E-state index contributed by atoms with van der Waals surface area (Å²) in [6.07, 6.45) is -1.55. The first-order chi connectivity index (χ1) is 62.7. The third-order valence-electron chi connectivity index (χ3n) is 23.6. The number of H-pyrrole nitrogens is 1. The Morgan fingerprint density at radius 3 is 1.77 bits per heavy atom. The number of fused-ring (bicyclic) bond motifs is 4. The van der Waals surface area contributed by atoms with Crippen LogP contribution in [0.15, 0.2) is 85.2 Å². The number of phenolic OH excluding ortho intramolecular Hbond substituents is 1. The molecule has 3 aliphatic rings. The molecule has 16 amide bonds. The Bertz CT molecular complexity index is 5050. The molecule has 0 unspecified atom stereocenters. The molecule has 5 heterocycles. The summed E-state index contributed by atoms with van der Waals surface area (Å²) in [5.74, 6) is -22.8. The van der Waals surface area contributed by atoms with Gasteiger partial charge in [-0.3, -0.25) is 91.1 Å². The number of aliphatic carboxylic acids is 2. The van der Waals surface area contributed by atoms with Gasteiger partial charge >= 0.3 is 11.9 Å². The van der Waals surface area contributed by atoms with Crippen molar-refractivity contribution in [2.24, 2.45) is 28.9 Å². The van der Waals surface area contributed by atoms with Crippen molar-refractivity contribution in [2.45, 2.75) is 215 Å². The van der Waals surface area contributed by atoms with Crippen LogP contribution in [-0.2, 0) is 117 Å². The van der Waals surface area contributed by atoms with Gasteiger partial charge in [-0.05, 0) is 86.4 Å². The third kappa shape index (κ3) is 28.2. The number of aliphatic hydroxyl groups is 2. The van der Waals surface area contributed by atoms with Gasteiger partial charge in [0.15, 0.2) is 5.78 Å². The third-order valence-corrected chi connectivity index (χ3v) is 24.6. The van der Waals surface area contributed by atoms with Crippen LogP contribution in [-0.4, -0.2) is 328 Å². The van der Waals surface area contributed by atoms with Crippen LogP contribution in [0.1, 0.15) is 121 Å². The first kappa shape index (κ1) is 104. The Morgan fingerprint density at radius 2 is 1.14 bits per heavy atom. The zero-order valence-electron chi connectivity index (χ0n) is 74.3. The molecular weight excluding hydrogens is 1740 g/mol. The van der Waals surface area contributed by atoms with Crippen molar-refractivity contribution in [3.8, 4) is 5.75 Å². The predicted octanol–water partition coefficient (Wildman–Crippen LogP) is -4.77. The van der Waals surface area contributed by atoms with Crippen LogP contribution in [0, 0.1) is 5.92 Å². The van der Waals surface area contributed by atoms with E-state index in [1.807, 2.05) is 0 Å². The number of rotatable bonds is 25. The highest BCUT2D eigenvalue weighted by Gasteiger charge is 2.47. The summed E-state index contributed by atoms with van der Waals surface area (Å²) >= 11 is 0.721. The maximum absolute atomic E-state index is 15.8. The standard InChI is InChI=1S/C87H120N20O24S/c1-7-9-19-65-81(125)98-61(37-89)79(123)101-63(77(121)93-39-71(91)113)44-132-45-72(114)94-57(30-47-23-25-51(109)26-24-47)83(127)102(4)46(3)75(119)96-59(35-73(115)116)86(130)106-29-15-22-66(106)82(126)99-60(36-88)78(122)95-56(27-28-70(90)112)85(129)107-41-52(110)34-68(107)69(111)33-48(31-49-38-92-55-18-13-11-16-53(49)55)76(120)100-62(43-108)80(124)97-58(84(128)104(6)67(20-10-8-2)87(131)103(65)5)32-50-40-105(42-74(117)118)64-21-14-12-17-54(50)64/h11-14,16-18,21,23-26,38,40,46,48,52,56-63,65-68,92,108-110H,7-10,15,19-20,22,27-37,39,41-45,88-89H2,1-6H3,(H2,90,112)(H2,91,113)(H,93,121)(H,94,114)(H,95,122)(H,96,119)(H,97,124)(H,98,125)(H,99,126)(H,100,120)(H,101,123)(H,115,116)(H,117,118)/t46-,48+,52+,56-,57-,58-,59-,60-,61-,62-,63-,65-,66-,67-,68-/m0/s1. The zero-order chi connectivity index (χ0) is 97.1. The molecule has 0 radical (unpaired) electrons. The number of unbranched alkanes of at least 4 members (excludes halogenated alkanes) is 2. The summed E-state index contributed by atoms with van der Waals surface area (Å²) in [6.45, 7) is 0.215. The topological polar surface area (TPSA) is 675 Å². The van der Waals surface area contributed by atoms with Gasteiger partial charge in [0, 0.05) is 125 Å². The number of aliphatic hydroxyl groups excluding tert-OH is 2. The average molecular weight is 1860 g/mol. The lowest BCUT2D eigenvalue weighted by atomic mass is 9.90. The molecule has 15 atom stereocenters. The van der Waals surface area contributed by atoms with Gasteiger partial charge in [0.25, 0.3) is 0 Å². The Morgan fingerprint density at radius 1 is 0.561 bits per heavy atom. The molecule has 8 rings (SSSR count). The number of aromatic amines is 1. The van der Waals surface area contributed by atoms with Crippen LogP contribution in [0.2, 0.25) is 0 Å². The molecule has 718 valence electrons. The molecule has 3 aromatic carbocycles. The number of hydrogen-bond acceptors (Lipinski definition) is 25. The summed E-state index contributed by atoms with van der Waals surface area (Å²) in [5.41, 5.74) is 25.4. The number of likely N-dealkylation sites (N-methyl/N-ethyl adjacent to an activating group) is 3. The van der Waals surface area contributed by atoms with Crippen molar-refractivity contribution in [2.75, 3.05) is 72.0 Å². The summed E-state index contributed by atoms with van der Waals surface area (Å²) in [5, 5.41) is 76.4. The van der Waals surface area contributed by atoms with Crippen molar-refractivity contribution < 1.29 is 117 Å². The second-order valence-electron chi connectivity index (χ2n) is 33.1. The quantitative estimate of drug-likeness (QED) is 0.0261. The number of phenols is 1. The fraction of sp³-hybridized carbons (Fsp3) is 0.529. The van der Waals surface area contributed by atoms with E-state index in [1.54, 1.807) is 68.6 Å². The number of carbonyl (C=O) groups excluding carboxylic acids is 17. The van der Waals surface area contributed by atoms with E-state index in [1.165, 1.54) is 56.0 Å². The lowest BCUT2D eigenvalue weighted by Crippen LogP contribution is -2.61. The van der Waals surface area contributed by atoms with Crippen molar-refractivity contribution >= 4 is 146 Å². The van der Waals surface area contributed by atoms with Crippen LogP contribution in [0.4, 0.5) is 0 Å². The molecule has 2 aromatic heterocycles. The number of Topliss-reactive ketones (excluding diaryl/α,β-unsaturated/α-hetero) is 1. The Balaban J connectivity index is 1.19. The van der Waals surface area contributed by atoms with E-state index in [0.717, 1.165) is 43.3 Å². The number of primary amides is 2. The van der Waals surface area contributed by atoms with Crippen LogP contribution in [0.5, 0.6) is 5.75 Å². The summed E-state index contributed by atoms with van der Waals surface area (Å²) in [4.78, 5) is 280. The molecule has 0 aliphatic carbocycles. The molecular formula is C87H120N20O24S. The highest BCUT2D eigenvalue weighted by Crippen LogP contribution is 2.30. The number of thioether (sulfide) groups is 1. The van der Waals surface area contributed by atoms with Crippen molar-refractivity contribution in [3.05, 3.63) is 102 Å². The van der Waals surface area contributed by atoms with E-state index in [2.05, 4.69) is 52.8 Å². The minimum absolute atomic E-state index is 0.0622. The largest absolute Gasteiger partial charge is 0.508 e. The molecule has 45 heteroatoms. The molecule has 23 N–H and O–H groups in total. The first-order valence-electron chi connectivity index (χ1n) is 43.5. The van der Waals surface area contributed by atoms with E-state index in [0.29, 0.717) is 51.3 Å². The highest BCUT2D eigenvalue weighted by atomic mass is 32.2. The summed E-state index contributed by atoms with van der Waals surface area (Å²) < 4.78 is 1.39. The number of para-hydroxylation sites is 2. The van der Waals surface area contributed by atoms with Gasteiger partial charge in [-0.25, -0.2) is 0 Å². The summed E-state index contributed by atoms with van der Waals surface area (Å²) in [7, 11) is 3.72. The molecule has 3 saturated heterocycles. The van der Waals surface area contributed by atoms with Gasteiger partial charge in [-0.15, -0.1) is 11.8 Å². The number of benzene rings is 3. The second-order valence-corrected chi connectivity index (χ2v) is 34.2. The van der Waals surface area contributed by atoms with E-state index in [-0.39, 0.29) is 63.7 Å². The van der Waals surface area contributed by atoms with E-state index in [9.17, 15) is 87.9 Å². The van der Waals surface area contributed by atoms with Crippen LogP contribution < -0.4 is 70.8 Å². The van der Waals surface area contributed by atoms with Gasteiger partial charge in [0.1, 0.15) is 84.8 Å². The van der Waals surface area contributed by atoms with E-state index < -0.39 is 292 Å². The number of ketones is 1. The lowest BCUT2D eigenvalue weighted by Gasteiger charge is -2.36. The molecule has 132 heavy (non-hydrogen) atoms. The van der Waals surface area contributed by atoms with E-state index >= 15 is 28.8 Å².